The average Bonchev–Trinajstić information content (AvgIpc) is 3.03. The number of hydrogen-bond donors (Lipinski definition) is 1. The van der Waals surface area contributed by atoms with Gasteiger partial charge in [0.25, 0.3) is 10.0 Å². The fourth-order valence-electron chi connectivity index (χ4n) is 2.50. The number of carbonyl (C=O) groups excluding carboxylic acids is 1. The number of esters is 1. The van der Waals surface area contributed by atoms with Crippen LogP contribution >= 0.6 is 22.9 Å². The van der Waals surface area contributed by atoms with Crippen LogP contribution in [0.3, 0.4) is 0 Å². The molecule has 0 unspecified atom stereocenters. The van der Waals surface area contributed by atoms with Crippen LogP contribution in [-0.2, 0) is 14.8 Å². The van der Waals surface area contributed by atoms with Gasteiger partial charge in [0.1, 0.15) is 21.3 Å². The van der Waals surface area contributed by atoms with Crippen molar-refractivity contribution < 1.29 is 27.1 Å². The molecule has 0 radical (unpaired) electrons. The third-order valence-electron chi connectivity index (χ3n) is 3.66. The van der Waals surface area contributed by atoms with Crippen LogP contribution in [0.15, 0.2) is 41.3 Å². The van der Waals surface area contributed by atoms with Crippen LogP contribution in [0.5, 0.6) is 5.75 Å². The molecule has 142 valence electrons. The Bertz CT molecular complexity index is 1140. The monoisotopic (exact) mass is 429 g/mol. The minimum absolute atomic E-state index is 0.132. The molecule has 0 aliphatic carbocycles. The summed E-state index contributed by atoms with van der Waals surface area (Å²) in [4.78, 5) is 11.4. The Hall–Kier alpha value is -2.36. The second kappa shape index (κ2) is 7.34. The smallest absolute Gasteiger partial charge is 0.349 e. The van der Waals surface area contributed by atoms with E-state index in [1.807, 2.05) is 0 Å². The van der Waals surface area contributed by atoms with Gasteiger partial charge in [-0.05, 0) is 30.3 Å². The standard InChI is InChI=1S/C17H13ClFNO5S2/c1-24-12-7-6-9(8-10(12)18)20-27(22,23)16-14-11(19)4-3-5-13(14)26-15(16)17(21)25-2/h3-8,20H,1-2H3. The summed E-state index contributed by atoms with van der Waals surface area (Å²) in [6.45, 7) is 0. The zero-order valence-corrected chi connectivity index (χ0v) is 16.5. The summed E-state index contributed by atoms with van der Waals surface area (Å²) in [7, 11) is -1.78. The van der Waals surface area contributed by atoms with Crippen molar-refractivity contribution in [2.24, 2.45) is 0 Å². The topological polar surface area (TPSA) is 81.7 Å². The van der Waals surface area contributed by atoms with E-state index < -0.39 is 26.7 Å². The van der Waals surface area contributed by atoms with Crippen molar-refractivity contribution in [1.29, 1.82) is 0 Å². The van der Waals surface area contributed by atoms with E-state index in [2.05, 4.69) is 9.46 Å². The second-order valence-corrected chi connectivity index (χ2v) is 8.40. The number of sulfonamides is 1. The summed E-state index contributed by atoms with van der Waals surface area (Å²) >= 11 is 6.85. The van der Waals surface area contributed by atoms with E-state index >= 15 is 0 Å². The lowest BCUT2D eigenvalue weighted by Crippen LogP contribution is -2.16. The predicted molar refractivity (Wildman–Crippen MR) is 102 cm³/mol. The minimum Gasteiger partial charge on any atom is -0.495 e. The number of rotatable bonds is 5. The number of thiophene rings is 1. The Kier molecular flexibility index (Phi) is 5.27. The normalized spacial score (nSPS) is 11.4. The SMILES string of the molecule is COC(=O)c1sc2cccc(F)c2c1S(=O)(=O)Nc1ccc(OC)c(Cl)c1. The minimum atomic E-state index is -4.32. The molecule has 0 amide bonds. The molecule has 0 bridgehead atoms. The van der Waals surface area contributed by atoms with Crippen molar-refractivity contribution in [3.8, 4) is 5.75 Å². The van der Waals surface area contributed by atoms with Crippen LogP contribution in [-0.4, -0.2) is 28.6 Å². The Balaban J connectivity index is 2.17. The lowest BCUT2D eigenvalue weighted by atomic mass is 10.2. The van der Waals surface area contributed by atoms with Gasteiger partial charge >= 0.3 is 5.97 Å². The largest absolute Gasteiger partial charge is 0.495 e. The molecular formula is C17H13ClFNO5S2. The first kappa shape index (κ1) is 19.4. The third kappa shape index (κ3) is 3.58. The Morgan fingerprint density at radius 2 is 1.96 bits per heavy atom. The molecule has 0 aliphatic rings. The summed E-state index contributed by atoms with van der Waals surface area (Å²) in [5, 5.41) is 0.0160. The Labute approximate surface area is 163 Å². The van der Waals surface area contributed by atoms with Gasteiger partial charge in [0.15, 0.2) is 0 Å². The average molecular weight is 430 g/mol. The number of hydrogen-bond acceptors (Lipinski definition) is 6. The van der Waals surface area contributed by atoms with Crippen LogP contribution < -0.4 is 9.46 Å². The zero-order chi connectivity index (χ0) is 19.8. The summed E-state index contributed by atoms with van der Waals surface area (Å²) in [5.41, 5.74) is 0.132. The van der Waals surface area contributed by atoms with Crippen molar-refractivity contribution in [1.82, 2.24) is 0 Å². The predicted octanol–water partition coefficient (Wildman–Crippen LogP) is 4.29. The second-order valence-electron chi connectivity index (χ2n) is 5.32. The summed E-state index contributed by atoms with van der Waals surface area (Å²) in [6.07, 6.45) is 0. The zero-order valence-electron chi connectivity index (χ0n) is 14.1. The number of fused-ring (bicyclic) bond motifs is 1. The molecule has 0 aliphatic heterocycles. The fraction of sp³-hybridized carbons (Fsp3) is 0.118. The van der Waals surface area contributed by atoms with Gasteiger partial charge in [-0.3, -0.25) is 4.72 Å². The molecular weight excluding hydrogens is 417 g/mol. The van der Waals surface area contributed by atoms with E-state index in [1.54, 1.807) is 0 Å². The van der Waals surface area contributed by atoms with Gasteiger partial charge in [-0.1, -0.05) is 17.7 Å². The quantitative estimate of drug-likeness (QED) is 0.612. The number of ether oxygens (including phenoxy) is 2. The molecule has 3 rings (SSSR count). The first-order valence-electron chi connectivity index (χ1n) is 7.44. The first-order chi connectivity index (χ1) is 12.8. The molecule has 27 heavy (non-hydrogen) atoms. The van der Waals surface area contributed by atoms with E-state index in [-0.39, 0.29) is 21.0 Å². The summed E-state index contributed by atoms with van der Waals surface area (Å²) < 4.78 is 52.7. The Morgan fingerprint density at radius 3 is 2.59 bits per heavy atom. The summed E-state index contributed by atoms with van der Waals surface area (Å²) in [5.74, 6) is -1.27. The fourth-order valence-corrected chi connectivity index (χ4v) is 5.65. The van der Waals surface area contributed by atoms with Gasteiger partial charge in [0.2, 0.25) is 0 Å². The number of benzene rings is 2. The van der Waals surface area contributed by atoms with Crippen molar-refractivity contribution in [2.45, 2.75) is 4.90 Å². The molecule has 0 spiro atoms. The molecule has 0 saturated carbocycles. The number of methoxy groups -OCH3 is 2. The number of anilines is 1. The highest BCUT2D eigenvalue weighted by atomic mass is 35.5. The van der Waals surface area contributed by atoms with E-state index in [0.717, 1.165) is 24.5 Å². The van der Waals surface area contributed by atoms with Crippen LogP contribution in [0.2, 0.25) is 5.02 Å². The molecule has 1 N–H and O–H groups in total. The highest BCUT2D eigenvalue weighted by Crippen LogP contribution is 2.38. The maximum Gasteiger partial charge on any atom is 0.349 e. The molecule has 10 heteroatoms. The summed E-state index contributed by atoms with van der Waals surface area (Å²) in [6, 6.07) is 8.35. The van der Waals surface area contributed by atoms with Crippen molar-refractivity contribution in [3.05, 3.63) is 52.1 Å². The van der Waals surface area contributed by atoms with Gasteiger partial charge in [0, 0.05) is 10.1 Å². The lowest BCUT2D eigenvalue weighted by Gasteiger charge is -2.11. The van der Waals surface area contributed by atoms with E-state index in [4.69, 9.17) is 16.3 Å². The van der Waals surface area contributed by atoms with Gasteiger partial charge in [-0.15, -0.1) is 11.3 Å². The number of carbonyl (C=O) groups is 1. The van der Waals surface area contributed by atoms with E-state index in [9.17, 15) is 17.6 Å². The molecule has 6 nitrogen and oxygen atoms in total. The van der Waals surface area contributed by atoms with Crippen molar-refractivity contribution >= 4 is 54.7 Å². The Morgan fingerprint density at radius 1 is 1.22 bits per heavy atom. The maximum atomic E-state index is 14.4. The van der Waals surface area contributed by atoms with Crippen molar-refractivity contribution in [2.75, 3.05) is 18.9 Å². The number of nitrogens with one attached hydrogen (secondary N) is 1. The molecule has 0 atom stereocenters. The highest BCUT2D eigenvalue weighted by Gasteiger charge is 2.31. The molecule has 1 heterocycles. The lowest BCUT2D eigenvalue weighted by molar-refractivity contribution is 0.0602. The molecule has 1 aromatic heterocycles. The van der Waals surface area contributed by atoms with Gasteiger partial charge < -0.3 is 9.47 Å². The van der Waals surface area contributed by atoms with Gasteiger partial charge in [-0.25, -0.2) is 17.6 Å². The molecule has 2 aromatic carbocycles. The van der Waals surface area contributed by atoms with Crippen molar-refractivity contribution in [3.63, 3.8) is 0 Å². The van der Waals surface area contributed by atoms with Crippen LogP contribution in [0, 0.1) is 5.82 Å². The van der Waals surface area contributed by atoms with E-state index in [0.29, 0.717) is 10.4 Å². The van der Waals surface area contributed by atoms with Gasteiger partial charge in [-0.2, -0.15) is 0 Å². The maximum absolute atomic E-state index is 14.4. The van der Waals surface area contributed by atoms with E-state index in [1.165, 1.54) is 37.4 Å². The van der Waals surface area contributed by atoms with Gasteiger partial charge in [0.05, 0.1) is 24.9 Å². The number of halogens is 2. The highest BCUT2D eigenvalue weighted by molar-refractivity contribution is 7.93. The van der Waals surface area contributed by atoms with Crippen LogP contribution in [0.25, 0.3) is 10.1 Å². The third-order valence-corrected chi connectivity index (χ3v) is 6.67. The first-order valence-corrected chi connectivity index (χ1v) is 10.1. The molecule has 3 aromatic rings. The van der Waals surface area contributed by atoms with Crippen LogP contribution in [0.4, 0.5) is 10.1 Å². The molecule has 0 saturated heterocycles. The van der Waals surface area contributed by atoms with Crippen LogP contribution in [0.1, 0.15) is 9.67 Å². The molecule has 0 fully saturated rings.